The maximum Gasteiger partial charge on any atom is 0.338 e. The molecule has 1 unspecified atom stereocenters. The first kappa shape index (κ1) is 13.2. The van der Waals surface area contributed by atoms with Crippen LogP contribution in [0.15, 0.2) is 28.1 Å². The molecule has 0 bridgehead atoms. The number of hydrogen-bond donors (Lipinski definition) is 2. The molecule has 0 aromatic carbocycles. The van der Waals surface area contributed by atoms with Crippen LogP contribution in [0.1, 0.15) is 37.8 Å². The lowest BCUT2D eigenvalue weighted by Gasteiger charge is -2.30. The Kier molecular flexibility index (Phi) is 3.48. The van der Waals surface area contributed by atoms with Crippen LogP contribution in [0.3, 0.4) is 0 Å². The van der Waals surface area contributed by atoms with Crippen molar-refractivity contribution >= 4 is 23.3 Å². The fraction of sp³-hybridized carbons (Fsp3) is 0.429. The maximum absolute atomic E-state index is 12.4. The topological polar surface area (TPSA) is 67.4 Å². The highest BCUT2D eigenvalue weighted by atomic mass is 32.1. The summed E-state index contributed by atoms with van der Waals surface area (Å²) in [6.45, 7) is 1.73. The monoisotopic (exact) mass is 292 g/mol. The van der Waals surface area contributed by atoms with Gasteiger partial charge < -0.3 is 15.4 Å². The predicted molar refractivity (Wildman–Crippen MR) is 75.2 cm³/mol. The van der Waals surface area contributed by atoms with E-state index in [2.05, 4.69) is 10.6 Å². The smallest absolute Gasteiger partial charge is 0.338 e. The number of thiophene rings is 1. The lowest BCUT2D eigenvalue weighted by Crippen LogP contribution is -2.45. The summed E-state index contributed by atoms with van der Waals surface area (Å²) < 4.78 is 5.48. The average Bonchev–Trinajstić information content (AvgIpc) is 2.86. The molecule has 106 valence electrons. The molecule has 1 aliphatic heterocycles. The fourth-order valence-corrected chi connectivity index (χ4v) is 3.04. The lowest BCUT2D eigenvalue weighted by molar-refractivity contribution is -0.148. The zero-order chi connectivity index (χ0) is 14.1. The highest BCUT2D eigenvalue weighted by Crippen LogP contribution is 2.31. The highest BCUT2D eigenvalue weighted by molar-refractivity contribution is 7.08. The lowest BCUT2D eigenvalue weighted by atomic mass is 9.95. The number of allylic oxidation sites excluding steroid dienone is 1. The van der Waals surface area contributed by atoms with Crippen LogP contribution in [0, 0.1) is 0 Å². The Morgan fingerprint density at radius 3 is 2.85 bits per heavy atom. The van der Waals surface area contributed by atoms with E-state index in [9.17, 15) is 9.59 Å². The summed E-state index contributed by atoms with van der Waals surface area (Å²) in [5.41, 5.74) is 1.97. The number of nitrogens with one attached hydrogen (secondary N) is 2. The zero-order valence-electron chi connectivity index (χ0n) is 11.1. The van der Waals surface area contributed by atoms with Crippen LogP contribution in [0.25, 0.3) is 0 Å². The molecule has 6 heteroatoms. The zero-order valence-corrected chi connectivity index (χ0v) is 12.0. The van der Waals surface area contributed by atoms with Gasteiger partial charge in [-0.2, -0.15) is 11.3 Å². The van der Waals surface area contributed by atoms with Crippen molar-refractivity contribution in [1.82, 2.24) is 10.6 Å². The summed E-state index contributed by atoms with van der Waals surface area (Å²) in [5, 5.41) is 9.29. The average molecular weight is 292 g/mol. The van der Waals surface area contributed by atoms with Gasteiger partial charge in [0.15, 0.2) is 0 Å². The number of ether oxygens (including phenoxy) is 1. The number of urea groups is 1. The Morgan fingerprint density at radius 2 is 2.25 bits per heavy atom. The number of carbonyl (C=O) groups excluding carboxylic acids is 2. The molecule has 2 aliphatic rings. The van der Waals surface area contributed by atoms with E-state index in [0.29, 0.717) is 11.3 Å². The third kappa shape index (κ3) is 2.43. The van der Waals surface area contributed by atoms with E-state index in [1.165, 1.54) is 11.3 Å². The van der Waals surface area contributed by atoms with E-state index in [0.717, 1.165) is 24.8 Å². The molecule has 2 N–H and O–H groups in total. The molecule has 0 spiro atoms. The molecule has 1 aromatic rings. The van der Waals surface area contributed by atoms with Crippen molar-refractivity contribution in [1.29, 1.82) is 0 Å². The van der Waals surface area contributed by atoms with Gasteiger partial charge in [-0.3, -0.25) is 0 Å². The van der Waals surface area contributed by atoms with Crippen LogP contribution >= 0.6 is 11.3 Å². The normalized spacial score (nSPS) is 22.9. The molecule has 2 amide bonds. The van der Waals surface area contributed by atoms with Crippen LogP contribution in [0.4, 0.5) is 4.79 Å². The van der Waals surface area contributed by atoms with E-state index in [4.69, 9.17) is 4.74 Å². The largest absolute Gasteiger partial charge is 0.459 e. The van der Waals surface area contributed by atoms with Crippen molar-refractivity contribution in [2.45, 2.75) is 38.3 Å². The van der Waals surface area contributed by atoms with E-state index in [-0.39, 0.29) is 18.1 Å². The minimum Gasteiger partial charge on any atom is -0.459 e. The second-order valence-corrected chi connectivity index (χ2v) is 5.87. The van der Waals surface area contributed by atoms with Crippen LogP contribution in [-0.4, -0.2) is 18.1 Å². The standard InChI is InChI=1S/C14H16N2O3S/c1-8-11(13(17)19-10-3-2-4-10)12(16-14(18)15-8)9-5-6-20-7-9/h5-7,10,12H,2-4H2,1H3,(H2,15,16,18). The number of hydrogen-bond acceptors (Lipinski definition) is 4. The molecule has 5 nitrogen and oxygen atoms in total. The summed E-state index contributed by atoms with van der Waals surface area (Å²) >= 11 is 1.53. The summed E-state index contributed by atoms with van der Waals surface area (Å²) in [6, 6.07) is 1.19. The fourth-order valence-electron chi connectivity index (χ4n) is 2.36. The molecule has 20 heavy (non-hydrogen) atoms. The van der Waals surface area contributed by atoms with Crippen LogP contribution in [0.5, 0.6) is 0 Å². The Balaban J connectivity index is 1.88. The van der Waals surface area contributed by atoms with Gasteiger partial charge in [0.1, 0.15) is 6.10 Å². The van der Waals surface area contributed by atoms with E-state index in [1.807, 2.05) is 16.8 Å². The number of carbonyl (C=O) groups is 2. The molecule has 1 aromatic heterocycles. The van der Waals surface area contributed by atoms with Gasteiger partial charge in [-0.25, -0.2) is 9.59 Å². The second kappa shape index (κ2) is 5.28. The summed E-state index contributed by atoms with van der Waals surface area (Å²) in [7, 11) is 0. The second-order valence-electron chi connectivity index (χ2n) is 5.09. The van der Waals surface area contributed by atoms with Crippen LogP contribution in [-0.2, 0) is 9.53 Å². The minimum absolute atomic E-state index is 0.0311. The third-order valence-corrected chi connectivity index (χ3v) is 4.39. The Hall–Kier alpha value is -1.82. The number of rotatable bonds is 3. The molecule has 2 heterocycles. The Morgan fingerprint density at radius 1 is 1.45 bits per heavy atom. The quantitative estimate of drug-likeness (QED) is 0.841. The third-order valence-electron chi connectivity index (χ3n) is 3.69. The molecule has 1 fully saturated rings. The Bertz CT molecular complexity index is 561. The number of esters is 1. The van der Waals surface area contributed by atoms with Gasteiger partial charge in [0, 0.05) is 5.70 Å². The molecule has 1 aliphatic carbocycles. The van der Waals surface area contributed by atoms with E-state index < -0.39 is 6.04 Å². The Labute approximate surface area is 121 Å². The molecule has 1 atom stereocenters. The van der Waals surface area contributed by atoms with Crippen molar-refractivity contribution < 1.29 is 14.3 Å². The molecule has 0 radical (unpaired) electrons. The predicted octanol–water partition coefficient (Wildman–Crippen LogP) is 2.47. The minimum atomic E-state index is -0.428. The van der Waals surface area contributed by atoms with E-state index in [1.54, 1.807) is 6.92 Å². The van der Waals surface area contributed by atoms with Gasteiger partial charge >= 0.3 is 12.0 Å². The van der Waals surface area contributed by atoms with Crippen molar-refractivity contribution in [2.75, 3.05) is 0 Å². The van der Waals surface area contributed by atoms with E-state index >= 15 is 0 Å². The van der Waals surface area contributed by atoms with Gasteiger partial charge in [0.05, 0.1) is 11.6 Å². The van der Waals surface area contributed by atoms with Crippen LogP contribution < -0.4 is 10.6 Å². The maximum atomic E-state index is 12.4. The van der Waals surface area contributed by atoms with Crippen molar-refractivity contribution in [2.24, 2.45) is 0 Å². The highest BCUT2D eigenvalue weighted by Gasteiger charge is 2.34. The molecule has 3 rings (SSSR count). The van der Waals surface area contributed by atoms with Crippen molar-refractivity contribution in [3.63, 3.8) is 0 Å². The molecule has 0 saturated heterocycles. The number of amides is 2. The van der Waals surface area contributed by atoms with Gasteiger partial charge in [-0.15, -0.1) is 0 Å². The SMILES string of the molecule is CC1=C(C(=O)OC2CCC2)C(c2ccsc2)NC(=O)N1. The first-order valence-electron chi connectivity index (χ1n) is 6.66. The van der Waals surface area contributed by atoms with Gasteiger partial charge in [0.2, 0.25) is 0 Å². The van der Waals surface area contributed by atoms with Gasteiger partial charge in [-0.1, -0.05) is 0 Å². The van der Waals surface area contributed by atoms with Gasteiger partial charge in [-0.05, 0) is 48.6 Å². The molecular formula is C14H16N2O3S. The summed E-state index contributed by atoms with van der Waals surface area (Å²) in [5.74, 6) is -0.337. The first-order valence-corrected chi connectivity index (χ1v) is 7.61. The molecular weight excluding hydrogens is 276 g/mol. The molecule has 1 saturated carbocycles. The van der Waals surface area contributed by atoms with Crippen molar-refractivity contribution in [3.05, 3.63) is 33.7 Å². The summed E-state index contributed by atoms with van der Waals surface area (Å²) in [4.78, 5) is 24.0. The van der Waals surface area contributed by atoms with Crippen LogP contribution in [0.2, 0.25) is 0 Å². The summed E-state index contributed by atoms with van der Waals surface area (Å²) in [6.07, 6.45) is 3.00. The van der Waals surface area contributed by atoms with Crippen molar-refractivity contribution in [3.8, 4) is 0 Å². The first-order chi connectivity index (χ1) is 9.65. The van der Waals surface area contributed by atoms with Gasteiger partial charge in [0.25, 0.3) is 0 Å².